The third-order valence-electron chi connectivity index (χ3n) is 3.35. The summed E-state index contributed by atoms with van der Waals surface area (Å²) >= 11 is 0. The molecule has 1 aromatic rings. The Bertz CT molecular complexity index is 578. The van der Waals surface area contributed by atoms with Gasteiger partial charge in [0.25, 0.3) is 0 Å². The number of aromatic nitrogens is 2. The lowest BCUT2D eigenvalue weighted by Crippen LogP contribution is -2.35. The van der Waals surface area contributed by atoms with E-state index in [0.29, 0.717) is 18.5 Å². The lowest BCUT2D eigenvalue weighted by atomic mass is 10.0. The number of fused-ring (bicyclic) bond motifs is 1. The maximum absolute atomic E-state index is 11.4. The Balaban J connectivity index is 2.34. The van der Waals surface area contributed by atoms with Crippen LogP contribution in [0.5, 0.6) is 0 Å². The standard InChI is InChI=1S/C12H16N4O4/c1-7(17)15-4-2-9-8(6-15)11(12(19)20)14-16(9)5-3-10(13)18/h2-6H2,1H3,(H2,13,18)(H,19,20). The lowest BCUT2D eigenvalue weighted by Gasteiger charge is -2.26. The van der Waals surface area contributed by atoms with Crippen molar-refractivity contribution >= 4 is 17.8 Å². The maximum atomic E-state index is 11.4. The highest BCUT2D eigenvalue weighted by Gasteiger charge is 2.28. The van der Waals surface area contributed by atoms with Gasteiger partial charge in [-0.2, -0.15) is 5.10 Å². The number of nitrogens with zero attached hydrogens (tertiary/aromatic N) is 3. The number of carbonyl (C=O) groups excluding carboxylic acids is 2. The molecular weight excluding hydrogens is 264 g/mol. The zero-order valence-electron chi connectivity index (χ0n) is 11.1. The second kappa shape index (κ2) is 5.32. The van der Waals surface area contributed by atoms with Crippen LogP contribution in [0, 0.1) is 0 Å². The Kier molecular flexibility index (Phi) is 3.73. The highest BCUT2D eigenvalue weighted by atomic mass is 16.4. The van der Waals surface area contributed by atoms with E-state index < -0.39 is 11.9 Å². The third kappa shape index (κ3) is 2.63. The summed E-state index contributed by atoms with van der Waals surface area (Å²) in [6, 6.07) is 0. The number of carboxylic acids is 1. The van der Waals surface area contributed by atoms with Crippen molar-refractivity contribution in [2.24, 2.45) is 5.73 Å². The number of hydrogen-bond donors (Lipinski definition) is 2. The Morgan fingerprint density at radius 3 is 2.65 bits per heavy atom. The number of carbonyl (C=O) groups is 3. The van der Waals surface area contributed by atoms with Crippen LogP contribution in [0.3, 0.4) is 0 Å². The summed E-state index contributed by atoms with van der Waals surface area (Å²) in [6.07, 6.45) is 0.623. The number of carboxylic acid groups (broad SMARTS) is 1. The van der Waals surface area contributed by atoms with Gasteiger partial charge in [-0.3, -0.25) is 14.3 Å². The molecule has 2 amide bonds. The summed E-state index contributed by atoms with van der Waals surface area (Å²) in [5.41, 5.74) is 6.35. The molecule has 0 aromatic carbocycles. The Morgan fingerprint density at radius 1 is 1.40 bits per heavy atom. The summed E-state index contributed by atoms with van der Waals surface area (Å²) in [5.74, 6) is -1.70. The number of hydrogen-bond acceptors (Lipinski definition) is 4. The molecule has 3 N–H and O–H groups in total. The molecule has 0 saturated carbocycles. The first-order valence-corrected chi connectivity index (χ1v) is 6.25. The summed E-state index contributed by atoms with van der Waals surface area (Å²) in [4.78, 5) is 35.0. The molecule has 20 heavy (non-hydrogen) atoms. The van der Waals surface area contributed by atoms with E-state index in [0.717, 1.165) is 5.69 Å². The fourth-order valence-electron chi connectivity index (χ4n) is 2.33. The lowest BCUT2D eigenvalue weighted by molar-refractivity contribution is -0.129. The molecular formula is C12H16N4O4. The number of aromatic carboxylic acids is 1. The second-order valence-electron chi connectivity index (χ2n) is 4.71. The van der Waals surface area contributed by atoms with Gasteiger partial charge in [-0.15, -0.1) is 0 Å². The Hall–Kier alpha value is -2.38. The van der Waals surface area contributed by atoms with E-state index in [-0.39, 0.29) is 31.1 Å². The Morgan fingerprint density at radius 2 is 2.10 bits per heavy atom. The average Bonchev–Trinajstić information content (AvgIpc) is 2.74. The van der Waals surface area contributed by atoms with Crippen molar-refractivity contribution in [1.29, 1.82) is 0 Å². The first-order chi connectivity index (χ1) is 9.40. The normalized spacial score (nSPS) is 13.9. The van der Waals surface area contributed by atoms with Crippen LogP contribution >= 0.6 is 0 Å². The molecule has 0 saturated heterocycles. The van der Waals surface area contributed by atoms with Gasteiger partial charge < -0.3 is 15.7 Å². The molecule has 0 fully saturated rings. The largest absolute Gasteiger partial charge is 0.476 e. The highest BCUT2D eigenvalue weighted by molar-refractivity contribution is 5.88. The first kappa shape index (κ1) is 14.0. The van der Waals surface area contributed by atoms with Crippen molar-refractivity contribution in [3.05, 3.63) is 17.0 Å². The van der Waals surface area contributed by atoms with E-state index in [1.165, 1.54) is 11.6 Å². The summed E-state index contributed by atoms with van der Waals surface area (Å²) in [6.45, 7) is 2.46. The van der Waals surface area contributed by atoms with Crippen LogP contribution in [0.4, 0.5) is 0 Å². The van der Waals surface area contributed by atoms with Gasteiger partial charge in [-0.05, 0) is 0 Å². The van der Waals surface area contributed by atoms with E-state index in [2.05, 4.69) is 5.10 Å². The molecule has 2 heterocycles. The molecule has 1 aliphatic heterocycles. The first-order valence-electron chi connectivity index (χ1n) is 6.25. The fourth-order valence-corrected chi connectivity index (χ4v) is 2.33. The van der Waals surface area contributed by atoms with Crippen molar-refractivity contribution in [3.8, 4) is 0 Å². The predicted molar refractivity (Wildman–Crippen MR) is 67.8 cm³/mol. The van der Waals surface area contributed by atoms with Crippen LogP contribution in [0.25, 0.3) is 0 Å². The number of nitrogens with two attached hydrogens (primary N) is 1. The van der Waals surface area contributed by atoms with Gasteiger partial charge >= 0.3 is 5.97 Å². The molecule has 8 heteroatoms. The molecule has 8 nitrogen and oxygen atoms in total. The van der Waals surface area contributed by atoms with Crippen LogP contribution in [0.2, 0.25) is 0 Å². The minimum atomic E-state index is -1.13. The predicted octanol–water partition coefficient (Wildman–Crippen LogP) is -0.639. The molecule has 0 aliphatic carbocycles. The minimum absolute atomic E-state index is 0.0598. The number of amides is 2. The molecule has 108 valence electrons. The van der Waals surface area contributed by atoms with Crippen molar-refractivity contribution in [2.75, 3.05) is 6.54 Å². The van der Waals surface area contributed by atoms with Crippen molar-refractivity contribution < 1.29 is 19.5 Å². The van der Waals surface area contributed by atoms with E-state index in [1.54, 1.807) is 4.90 Å². The van der Waals surface area contributed by atoms with Gasteiger partial charge in [-0.25, -0.2) is 4.79 Å². The number of primary amides is 1. The molecule has 1 aromatic heterocycles. The molecule has 0 atom stereocenters. The topological polar surface area (TPSA) is 119 Å². The zero-order chi connectivity index (χ0) is 14.9. The van der Waals surface area contributed by atoms with Gasteiger partial charge in [0.2, 0.25) is 11.8 Å². The van der Waals surface area contributed by atoms with Crippen LogP contribution in [-0.4, -0.2) is 44.1 Å². The highest BCUT2D eigenvalue weighted by Crippen LogP contribution is 2.23. The van der Waals surface area contributed by atoms with Crippen molar-refractivity contribution in [3.63, 3.8) is 0 Å². The summed E-state index contributed by atoms with van der Waals surface area (Å²) in [5, 5.41) is 13.2. The van der Waals surface area contributed by atoms with Crippen LogP contribution in [0.1, 0.15) is 35.1 Å². The van der Waals surface area contributed by atoms with Gasteiger partial charge in [0.05, 0.1) is 0 Å². The Labute approximate surface area is 115 Å². The quantitative estimate of drug-likeness (QED) is 0.760. The number of rotatable bonds is 4. The number of aryl methyl sites for hydroxylation is 1. The van der Waals surface area contributed by atoms with Gasteiger partial charge in [0, 0.05) is 50.7 Å². The van der Waals surface area contributed by atoms with Gasteiger partial charge in [-0.1, -0.05) is 0 Å². The maximum Gasteiger partial charge on any atom is 0.356 e. The van der Waals surface area contributed by atoms with Crippen molar-refractivity contribution in [1.82, 2.24) is 14.7 Å². The molecule has 0 unspecified atom stereocenters. The molecule has 0 spiro atoms. The monoisotopic (exact) mass is 280 g/mol. The van der Waals surface area contributed by atoms with E-state index in [4.69, 9.17) is 5.73 Å². The van der Waals surface area contributed by atoms with E-state index in [1.807, 2.05) is 0 Å². The van der Waals surface area contributed by atoms with Gasteiger partial charge in [0.1, 0.15) is 0 Å². The van der Waals surface area contributed by atoms with Crippen molar-refractivity contribution in [2.45, 2.75) is 32.9 Å². The summed E-state index contributed by atoms with van der Waals surface area (Å²) < 4.78 is 1.51. The SMILES string of the molecule is CC(=O)N1CCc2c(c(C(=O)O)nn2CCC(N)=O)C1. The summed E-state index contributed by atoms with van der Waals surface area (Å²) in [7, 11) is 0. The smallest absolute Gasteiger partial charge is 0.356 e. The second-order valence-corrected chi connectivity index (χ2v) is 4.71. The molecule has 1 aliphatic rings. The van der Waals surface area contributed by atoms with Crippen LogP contribution < -0.4 is 5.73 Å². The van der Waals surface area contributed by atoms with E-state index in [9.17, 15) is 19.5 Å². The molecule has 0 radical (unpaired) electrons. The fraction of sp³-hybridized carbons (Fsp3) is 0.500. The van der Waals surface area contributed by atoms with Gasteiger partial charge in [0.15, 0.2) is 5.69 Å². The average molecular weight is 280 g/mol. The minimum Gasteiger partial charge on any atom is -0.476 e. The third-order valence-corrected chi connectivity index (χ3v) is 3.35. The van der Waals surface area contributed by atoms with Crippen LogP contribution in [-0.2, 0) is 29.1 Å². The zero-order valence-corrected chi connectivity index (χ0v) is 11.1. The molecule has 2 rings (SSSR count). The van der Waals surface area contributed by atoms with E-state index >= 15 is 0 Å². The van der Waals surface area contributed by atoms with Crippen LogP contribution in [0.15, 0.2) is 0 Å². The molecule has 0 bridgehead atoms.